The zero-order valence-corrected chi connectivity index (χ0v) is 15.9. The molecule has 1 atom stereocenters. The van der Waals surface area contributed by atoms with Crippen LogP contribution in [-0.4, -0.2) is 53.7 Å². The summed E-state index contributed by atoms with van der Waals surface area (Å²) in [5.41, 5.74) is -0.191. The van der Waals surface area contributed by atoms with Gasteiger partial charge in [-0.15, -0.1) is 0 Å². The molecule has 156 valence electrons. The highest BCUT2D eigenvalue weighted by atomic mass is 19.4. The smallest absolute Gasteiger partial charge is 0.435 e. The number of likely N-dealkylation sites (tertiary alicyclic amines) is 1. The lowest BCUT2D eigenvalue weighted by atomic mass is 10.2. The van der Waals surface area contributed by atoms with Gasteiger partial charge in [0.05, 0.1) is 12.3 Å². The number of hydrogen-bond donors (Lipinski definition) is 1. The van der Waals surface area contributed by atoms with Gasteiger partial charge in [-0.2, -0.15) is 13.2 Å². The first-order valence-corrected chi connectivity index (χ1v) is 9.15. The van der Waals surface area contributed by atoms with E-state index in [1.807, 2.05) is 0 Å². The van der Waals surface area contributed by atoms with Gasteiger partial charge in [-0.3, -0.25) is 4.79 Å². The molecule has 0 saturated carbocycles. The Kier molecular flexibility index (Phi) is 6.26. The quantitative estimate of drug-likeness (QED) is 0.795. The molecular weight excluding hydrogens is 387 g/mol. The average molecular weight is 409 g/mol. The zero-order valence-electron chi connectivity index (χ0n) is 15.9. The van der Waals surface area contributed by atoms with E-state index in [4.69, 9.17) is 9.84 Å². The monoisotopic (exact) mass is 409 g/mol. The molecule has 6 nitrogen and oxygen atoms in total. The SMILES string of the molecule is CN(c1cccnc1C(F)(F)F)[C@@H]1CCN(C(=O)COc2ccc(CO)cc2)C1. The van der Waals surface area contributed by atoms with Crippen LogP contribution in [0.5, 0.6) is 5.75 Å². The number of aliphatic hydroxyl groups excluding tert-OH is 1. The topological polar surface area (TPSA) is 65.9 Å². The summed E-state index contributed by atoms with van der Waals surface area (Å²) in [5, 5.41) is 9.03. The van der Waals surface area contributed by atoms with Crippen LogP contribution >= 0.6 is 0 Å². The number of alkyl halides is 3. The predicted molar refractivity (Wildman–Crippen MR) is 100 cm³/mol. The predicted octanol–water partition coefficient (Wildman–Crippen LogP) is 2.71. The molecule has 29 heavy (non-hydrogen) atoms. The van der Waals surface area contributed by atoms with Gasteiger partial charge in [0.1, 0.15) is 5.75 Å². The summed E-state index contributed by atoms with van der Waals surface area (Å²) in [4.78, 5) is 19.0. The Labute approximate surface area is 166 Å². The highest BCUT2D eigenvalue weighted by molar-refractivity contribution is 5.78. The molecule has 0 unspecified atom stereocenters. The van der Waals surface area contributed by atoms with Crippen LogP contribution in [-0.2, 0) is 17.6 Å². The minimum absolute atomic E-state index is 0.000443. The number of aliphatic hydroxyl groups is 1. The van der Waals surface area contributed by atoms with Crippen LogP contribution in [0, 0.1) is 0 Å². The third kappa shape index (κ3) is 4.97. The van der Waals surface area contributed by atoms with Crippen LogP contribution in [0.25, 0.3) is 0 Å². The summed E-state index contributed by atoms with van der Waals surface area (Å²) in [5.74, 6) is 0.281. The normalized spacial score (nSPS) is 16.7. The fraction of sp³-hybridized carbons (Fsp3) is 0.400. The van der Waals surface area contributed by atoms with Crippen molar-refractivity contribution in [1.82, 2.24) is 9.88 Å². The first-order chi connectivity index (χ1) is 13.8. The van der Waals surface area contributed by atoms with Gasteiger partial charge in [-0.1, -0.05) is 12.1 Å². The molecule has 3 rings (SSSR count). The van der Waals surface area contributed by atoms with Crippen LogP contribution < -0.4 is 9.64 Å². The van der Waals surface area contributed by atoms with Gasteiger partial charge in [0.25, 0.3) is 5.91 Å². The van der Waals surface area contributed by atoms with Gasteiger partial charge in [-0.25, -0.2) is 4.98 Å². The van der Waals surface area contributed by atoms with Gasteiger partial charge in [-0.05, 0) is 36.2 Å². The van der Waals surface area contributed by atoms with E-state index in [2.05, 4.69) is 4.98 Å². The maximum atomic E-state index is 13.2. The Morgan fingerprint density at radius 3 is 2.69 bits per heavy atom. The van der Waals surface area contributed by atoms with E-state index in [-0.39, 0.29) is 30.9 Å². The lowest BCUT2D eigenvalue weighted by molar-refractivity contribution is -0.140. The molecule has 1 amide bonds. The van der Waals surface area contributed by atoms with Crippen LogP contribution in [0.1, 0.15) is 17.7 Å². The molecule has 2 heterocycles. The molecule has 0 aliphatic carbocycles. The van der Waals surface area contributed by atoms with Crippen molar-refractivity contribution in [3.8, 4) is 5.75 Å². The number of hydrogen-bond acceptors (Lipinski definition) is 5. The molecule has 1 saturated heterocycles. The zero-order chi connectivity index (χ0) is 21.0. The molecule has 1 aliphatic heterocycles. The van der Waals surface area contributed by atoms with Crippen molar-refractivity contribution in [2.45, 2.75) is 25.2 Å². The number of carbonyl (C=O) groups excluding carboxylic acids is 1. The van der Waals surface area contributed by atoms with Crippen molar-refractivity contribution in [2.75, 3.05) is 31.6 Å². The number of ether oxygens (including phenoxy) is 1. The molecule has 9 heteroatoms. The maximum Gasteiger partial charge on any atom is 0.435 e. The van der Waals surface area contributed by atoms with Gasteiger partial charge in [0.15, 0.2) is 12.3 Å². The van der Waals surface area contributed by atoms with Gasteiger partial charge in [0.2, 0.25) is 0 Å². The number of rotatable bonds is 6. The number of anilines is 1. The van der Waals surface area contributed by atoms with E-state index >= 15 is 0 Å². The Bertz CT molecular complexity index is 843. The fourth-order valence-corrected chi connectivity index (χ4v) is 3.31. The Morgan fingerprint density at radius 2 is 2.03 bits per heavy atom. The molecule has 1 aliphatic rings. The lowest BCUT2D eigenvalue weighted by Gasteiger charge is -2.28. The van der Waals surface area contributed by atoms with Crippen molar-refractivity contribution in [3.05, 3.63) is 53.9 Å². The molecule has 1 N–H and O–H groups in total. The summed E-state index contributed by atoms with van der Waals surface area (Å²) < 4.78 is 45.2. The van der Waals surface area contributed by atoms with E-state index in [1.54, 1.807) is 36.2 Å². The van der Waals surface area contributed by atoms with Crippen LogP contribution in [0.2, 0.25) is 0 Å². The third-order valence-electron chi connectivity index (χ3n) is 4.97. The second-order valence-electron chi connectivity index (χ2n) is 6.85. The van der Waals surface area contributed by atoms with Crippen LogP contribution in [0.15, 0.2) is 42.6 Å². The van der Waals surface area contributed by atoms with E-state index < -0.39 is 11.9 Å². The van der Waals surface area contributed by atoms with Crippen LogP contribution in [0.4, 0.5) is 18.9 Å². The van der Waals surface area contributed by atoms with E-state index in [9.17, 15) is 18.0 Å². The molecule has 2 aromatic rings. The summed E-state index contributed by atoms with van der Waals surface area (Å²) in [7, 11) is 1.59. The number of nitrogens with zero attached hydrogens (tertiary/aromatic N) is 3. The highest BCUT2D eigenvalue weighted by Gasteiger charge is 2.38. The Hall–Kier alpha value is -2.81. The van der Waals surface area contributed by atoms with E-state index in [1.165, 1.54) is 17.0 Å². The summed E-state index contributed by atoms with van der Waals surface area (Å²) in [6.07, 6.45) is -2.87. The van der Waals surface area contributed by atoms with Crippen molar-refractivity contribution < 1.29 is 27.8 Å². The maximum absolute atomic E-state index is 13.2. The molecule has 1 aromatic carbocycles. The largest absolute Gasteiger partial charge is 0.484 e. The van der Waals surface area contributed by atoms with Crippen molar-refractivity contribution in [2.24, 2.45) is 0 Å². The number of amides is 1. The number of carbonyl (C=O) groups is 1. The molecule has 0 bridgehead atoms. The number of aromatic nitrogens is 1. The first-order valence-electron chi connectivity index (χ1n) is 9.15. The van der Waals surface area contributed by atoms with Crippen LogP contribution in [0.3, 0.4) is 0 Å². The van der Waals surface area contributed by atoms with Crippen molar-refractivity contribution in [1.29, 1.82) is 0 Å². The summed E-state index contributed by atoms with van der Waals surface area (Å²) in [6.45, 7) is 0.529. The number of benzene rings is 1. The second-order valence-corrected chi connectivity index (χ2v) is 6.85. The molecule has 0 spiro atoms. The highest BCUT2D eigenvalue weighted by Crippen LogP contribution is 2.35. The fourth-order valence-electron chi connectivity index (χ4n) is 3.31. The Morgan fingerprint density at radius 1 is 1.31 bits per heavy atom. The molecule has 1 aromatic heterocycles. The van der Waals surface area contributed by atoms with Gasteiger partial charge < -0.3 is 19.6 Å². The van der Waals surface area contributed by atoms with E-state index in [0.29, 0.717) is 25.3 Å². The number of pyridine rings is 1. The Balaban J connectivity index is 1.58. The molecule has 1 fully saturated rings. The standard InChI is InChI=1S/C20H22F3N3O3/c1-25(17-3-2-9-24-19(17)20(21,22)23)15-8-10-26(11-15)18(28)13-29-16-6-4-14(12-27)5-7-16/h2-7,9,15,27H,8,10-13H2,1H3/t15-/m1/s1. The molecule has 0 radical (unpaired) electrons. The summed E-state index contributed by atoms with van der Waals surface area (Å²) >= 11 is 0. The van der Waals surface area contributed by atoms with Crippen molar-refractivity contribution in [3.63, 3.8) is 0 Å². The molecular formula is C20H22F3N3O3. The van der Waals surface area contributed by atoms with Gasteiger partial charge >= 0.3 is 6.18 Å². The summed E-state index contributed by atoms with van der Waals surface area (Å²) in [6, 6.07) is 9.35. The number of halogens is 3. The second kappa shape index (κ2) is 8.69. The number of likely N-dealkylation sites (N-methyl/N-ethyl adjacent to an activating group) is 1. The minimum Gasteiger partial charge on any atom is -0.484 e. The third-order valence-corrected chi connectivity index (χ3v) is 4.97. The van der Waals surface area contributed by atoms with Gasteiger partial charge in [0, 0.05) is 32.4 Å². The lowest BCUT2D eigenvalue weighted by Crippen LogP contribution is -2.39. The first kappa shape index (κ1) is 20.9. The average Bonchev–Trinajstić information content (AvgIpc) is 3.21. The minimum atomic E-state index is -4.54. The van der Waals surface area contributed by atoms with E-state index in [0.717, 1.165) is 11.8 Å². The van der Waals surface area contributed by atoms with Crippen molar-refractivity contribution >= 4 is 11.6 Å².